The zero-order valence-electron chi connectivity index (χ0n) is 24.3. The second-order valence-electron chi connectivity index (χ2n) is 11.7. The summed E-state index contributed by atoms with van der Waals surface area (Å²) < 4.78 is 0. The lowest BCUT2D eigenvalue weighted by atomic mass is 9.90. The molecule has 0 nitrogen and oxygen atoms in total. The van der Waals surface area contributed by atoms with Gasteiger partial charge in [0.2, 0.25) is 0 Å². The van der Waals surface area contributed by atoms with E-state index in [1.807, 2.05) is 0 Å². The molecule has 9 aromatic carbocycles. The first-order valence-corrected chi connectivity index (χ1v) is 15.2. The highest BCUT2D eigenvalue weighted by Crippen LogP contribution is 2.33. The molecule has 0 amide bonds. The summed E-state index contributed by atoms with van der Waals surface area (Å²) in [4.78, 5) is 0. The summed E-state index contributed by atoms with van der Waals surface area (Å²) >= 11 is 0. The third kappa shape index (κ3) is 3.34. The maximum Gasteiger partial charge on any atom is -0.00139 e. The van der Waals surface area contributed by atoms with Gasteiger partial charge in [-0.05, 0) is 95.9 Å². The van der Waals surface area contributed by atoms with Crippen LogP contribution in [0.25, 0.3) is 77.8 Å². The van der Waals surface area contributed by atoms with Crippen molar-refractivity contribution in [3.63, 3.8) is 0 Å². The van der Waals surface area contributed by atoms with Gasteiger partial charge in [-0.25, -0.2) is 0 Å². The molecule has 0 saturated carbocycles. The quantitative estimate of drug-likeness (QED) is 0.163. The molecule has 0 aromatic heterocycles. The molecule has 0 heterocycles. The Balaban J connectivity index is 1.77. The molecule has 0 aliphatic carbocycles. The predicted octanol–water partition coefficient (Wildman–Crippen LogP) is 10.0. The van der Waals surface area contributed by atoms with Gasteiger partial charge in [0.15, 0.2) is 0 Å². The fraction of sp³-hybridized carbons (Fsp3) is 0. The van der Waals surface area contributed by atoms with Crippen molar-refractivity contribution in [2.24, 2.45) is 0 Å². The van der Waals surface area contributed by atoms with Crippen LogP contribution in [0.2, 0.25) is 0 Å². The SMILES string of the molecule is C=c1c2ccccc2c(=c2c3ccccc3c(=c3c4ccccc4c(=C)c4ccccc34)c3ccccc23)c2ccccc12. The molecule has 9 aromatic rings. The van der Waals surface area contributed by atoms with E-state index < -0.39 is 0 Å². The van der Waals surface area contributed by atoms with Gasteiger partial charge in [0.25, 0.3) is 0 Å². The van der Waals surface area contributed by atoms with Crippen molar-refractivity contribution in [2.45, 2.75) is 0 Å². The first-order valence-electron chi connectivity index (χ1n) is 15.2. The molecule has 0 aliphatic rings. The highest BCUT2D eigenvalue weighted by Gasteiger charge is 2.13. The van der Waals surface area contributed by atoms with Crippen LogP contribution in [-0.2, 0) is 0 Å². The molecular formula is C44H28. The monoisotopic (exact) mass is 556 g/mol. The molecule has 0 unspecified atom stereocenters. The topological polar surface area (TPSA) is 0 Å². The summed E-state index contributed by atoms with van der Waals surface area (Å²) in [6, 6.07) is 52.9. The number of hydrogen-bond donors (Lipinski definition) is 0. The van der Waals surface area contributed by atoms with E-state index in [1.54, 1.807) is 0 Å². The van der Waals surface area contributed by atoms with Crippen LogP contribution in [0.4, 0.5) is 0 Å². The molecule has 0 fully saturated rings. The van der Waals surface area contributed by atoms with Gasteiger partial charge in [-0.2, -0.15) is 0 Å². The number of fused-ring (bicyclic) bond motifs is 6. The Hall–Kier alpha value is -5.72. The van der Waals surface area contributed by atoms with Gasteiger partial charge < -0.3 is 0 Å². The van der Waals surface area contributed by atoms with Crippen molar-refractivity contribution in [3.8, 4) is 0 Å². The smallest absolute Gasteiger partial charge is 0.00139 e. The van der Waals surface area contributed by atoms with E-state index in [0.717, 1.165) is 10.4 Å². The fourth-order valence-electron chi connectivity index (χ4n) is 7.64. The highest BCUT2D eigenvalue weighted by molar-refractivity contribution is 6.07. The molecule has 0 saturated heterocycles. The average molecular weight is 557 g/mol. The Morgan fingerprint density at radius 2 is 0.341 bits per heavy atom. The van der Waals surface area contributed by atoms with Crippen molar-refractivity contribution in [1.29, 1.82) is 0 Å². The molecule has 204 valence electrons. The first kappa shape index (κ1) is 24.8. The van der Waals surface area contributed by atoms with E-state index in [4.69, 9.17) is 0 Å². The highest BCUT2D eigenvalue weighted by atomic mass is 14.2. The molecule has 9 rings (SSSR count). The van der Waals surface area contributed by atoms with Crippen molar-refractivity contribution >= 4 is 77.8 Å². The number of benzene rings is 9. The van der Waals surface area contributed by atoms with E-state index in [9.17, 15) is 0 Å². The summed E-state index contributed by atoms with van der Waals surface area (Å²) in [5, 5.41) is 22.0. The second-order valence-corrected chi connectivity index (χ2v) is 11.7. The van der Waals surface area contributed by atoms with Gasteiger partial charge in [-0.15, -0.1) is 0 Å². The summed E-state index contributed by atoms with van der Waals surface area (Å²) in [6.45, 7) is 9.10. The summed E-state index contributed by atoms with van der Waals surface area (Å²) in [5.74, 6) is 0. The Bertz CT molecular complexity index is 2580. The van der Waals surface area contributed by atoms with Crippen molar-refractivity contribution < 1.29 is 0 Å². The van der Waals surface area contributed by atoms with E-state index in [1.165, 1.54) is 85.5 Å². The average Bonchev–Trinajstić information content (AvgIpc) is 3.09. The van der Waals surface area contributed by atoms with Gasteiger partial charge in [0.05, 0.1) is 0 Å². The molecule has 0 spiro atoms. The Morgan fingerprint density at radius 1 is 0.205 bits per heavy atom. The summed E-state index contributed by atoms with van der Waals surface area (Å²) in [6.07, 6.45) is 0. The predicted molar refractivity (Wildman–Crippen MR) is 190 cm³/mol. The van der Waals surface area contributed by atoms with Gasteiger partial charge in [-0.3, -0.25) is 0 Å². The largest absolute Gasteiger partial charge is 0.0905 e. The van der Waals surface area contributed by atoms with E-state index >= 15 is 0 Å². The molecule has 44 heavy (non-hydrogen) atoms. The van der Waals surface area contributed by atoms with Crippen LogP contribution in [0.15, 0.2) is 146 Å². The minimum Gasteiger partial charge on any atom is -0.0905 e. The lowest BCUT2D eigenvalue weighted by Gasteiger charge is -2.13. The van der Waals surface area contributed by atoms with E-state index in [0.29, 0.717) is 0 Å². The Morgan fingerprint density at radius 3 is 0.523 bits per heavy atom. The molecule has 0 N–H and O–H groups in total. The molecule has 0 atom stereocenters. The van der Waals surface area contributed by atoms with Gasteiger partial charge in [-0.1, -0.05) is 159 Å². The molecular weight excluding hydrogens is 528 g/mol. The summed E-state index contributed by atoms with van der Waals surface area (Å²) in [7, 11) is 0. The van der Waals surface area contributed by atoms with Crippen molar-refractivity contribution in [1.82, 2.24) is 0 Å². The van der Waals surface area contributed by atoms with Gasteiger partial charge in [0, 0.05) is 0 Å². The minimum absolute atomic E-state index is 1.08. The zero-order chi connectivity index (χ0) is 29.4. The van der Waals surface area contributed by atoms with Crippen LogP contribution in [-0.4, -0.2) is 0 Å². The summed E-state index contributed by atoms with van der Waals surface area (Å²) in [5.41, 5.74) is 0. The van der Waals surface area contributed by atoms with E-state index in [-0.39, 0.29) is 0 Å². The molecule has 0 radical (unpaired) electrons. The van der Waals surface area contributed by atoms with Crippen molar-refractivity contribution in [3.05, 3.63) is 177 Å². The first-order chi connectivity index (χ1) is 21.7. The van der Waals surface area contributed by atoms with E-state index in [2.05, 4.69) is 159 Å². The van der Waals surface area contributed by atoms with Crippen LogP contribution in [0.5, 0.6) is 0 Å². The normalized spacial score (nSPS) is 11.8. The third-order valence-corrected chi connectivity index (χ3v) is 9.52. The van der Waals surface area contributed by atoms with Gasteiger partial charge in [0.1, 0.15) is 0 Å². The van der Waals surface area contributed by atoms with Gasteiger partial charge >= 0.3 is 0 Å². The number of rotatable bonds is 0. The van der Waals surface area contributed by atoms with Crippen LogP contribution in [0.1, 0.15) is 0 Å². The fourth-order valence-corrected chi connectivity index (χ4v) is 7.64. The molecule has 0 bridgehead atoms. The maximum atomic E-state index is 4.55. The molecule has 0 heteroatoms. The van der Waals surface area contributed by atoms with Crippen LogP contribution in [0, 0.1) is 20.9 Å². The lowest BCUT2D eigenvalue weighted by Crippen LogP contribution is -2.03. The van der Waals surface area contributed by atoms with Crippen LogP contribution in [0.3, 0.4) is 0 Å². The zero-order valence-corrected chi connectivity index (χ0v) is 24.3. The Kier molecular flexibility index (Phi) is 5.30. The minimum atomic E-state index is 1.08. The Labute approximate surface area is 254 Å². The second kappa shape index (κ2) is 9.39. The lowest BCUT2D eigenvalue weighted by molar-refractivity contribution is 1.59. The standard InChI is InChI=1S/C44H28/c1-27-29-15-3-7-19-33(29)41(34-20-8-4-16-30(27)34)43-37-23-11-13-25-39(37)44(40-26-14-12-24-38(40)43)42-35-21-9-5-17-31(35)28(2)32-18-6-10-22-36(32)42/h3-26H,1-2H2. The van der Waals surface area contributed by atoms with Crippen LogP contribution >= 0.6 is 0 Å². The maximum absolute atomic E-state index is 4.55. The van der Waals surface area contributed by atoms with Crippen LogP contribution < -0.4 is 10.4 Å². The third-order valence-electron chi connectivity index (χ3n) is 9.52. The molecule has 0 aliphatic heterocycles. The van der Waals surface area contributed by atoms with Crippen molar-refractivity contribution in [2.75, 3.05) is 0 Å². The number of hydrogen-bond acceptors (Lipinski definition) is 0.